The molecule has 0 unspecified atom stereocenters. The Morgan fingerprint density at radius 3 is 2.64 bits per heavy atom. The zero-order chi connectivity index (χ0) is 20.3. The lowest BCUT2D eigenvalue weighted by Gasteiger charge is -2.19. The van der Waals surface area contributed by atoms with Gasteiger partial charge in [0.05, 0.1) is 11.4 Å². The monoisotopic (exact) mass is 397 g/mol. The number of nitrogens with zero attached hydrogens (tertiary/aromatic N) is 3. The summed E-state index contributed by atoms with van der Waals surface area (Å²) in [5, 5.41) is 9.79. The van der Waals surface area contributed by atoms with Crippen LogP contribution in [0.3, 0.4) is 0 Å². The zero-order valence-corrected chi connectivity index (χ0v) is 15.6. The first kappa shape index (κ1) is 19.8. The molecule has 2 aromatic rings. The van der Waals surface area contributed by atoms with Crippen molar-refractivity contribution in [3.05, 3.63) is 36.2 Å². The highest BCUT2D eigenvalue weighted by molar-refractivity contribution is 5.89. The standard InChI is InChI=1S/C18H22F3N5O2/c1-12-16(11-25(2)24-12)23-17(27)22-9-13-7-8-26(10-13)14-3-5-15(6-4-14)28-18(19,20)21/h3-6,11,13H,7-10H2,1-2H3,(H2,22,23,27)/t13-/m1/s1. The number of hydrogen-bond donors (Lipinski definition) is 2. The molecule has 28 heavy (non-hydrogen) atoms. The molecule has 0 aliphatic carbocycles. The van der Waals surface area contributed by atoms with Gasteiger partial charge < -0.3 is 20.3 Å². The molecule has 1 atom stereocenters. The Morgan fingerprint density at radius 1 is 1.32 bits per heavy atom. The van der Waals surface area contributed by atoms with Crippen molar-refractivity contribution in [2.24, 2.45) is 13.0 Å². The molecule has 1 aliphatic heterocycles. The molecule has 2 heterocycles. The molecule has 0 saturated carbocycles. The Morgan fingerprint density at radius 2 is 2.04 bits per heavy atom. The summed E-state index contributed by atoms with van der Waals surface area (Å²) >= 11 is 0. The second-order valence-electron chi connectivity index (χ2n) is 6.78. The zero-order valence-electron chi connectivity index (χ0n) is 15.6. The van der Waals surface area contributed by atoms with Crippen LogP contribution in [0.5, 0.6) is 5.75 Å². The van der Waals surface area contributed by atoms with E-state index in [9.17, 15) is 18.0 Å². The number of anilines is 2. The number of carbonyl (C=O) groups is 1. The SMILES string of the molecule is Cc1nn(C)cc1NC(=O)NC[C@H]1CCN(c2ccc(OC(F)(F)F)cc2)C1. The highest BCUT2D eigenvalue weighted by Gasteiger charge is 2.31. The largest absolute Gasteiger partial charge is 0.573 e. The van der Waals surface area contributed by atoms with E-state index in [-0.39, 0.29) is 17.7 Å². The molecule has 1 fully saturated rings. The van der Waals surface area contributed by atoms with Crippen LogP contribution in [-0.4, -0.2) is 41.8 Å². The quantitative estimate of drug-likeness (QED) is 0.812. The molecule has 1 aromatic carbocycles. The van der Waals surface area contributed by atoms with E-state index in [0.29, 0.717) is 18.8 Å². The van der Waals surface area contributed by atoms with Crippen molar-refractivity contribution in [3.8, 4) is 5.75 Å². The van der Waals surface area contributed by atoms with Crippen molar-refractivity contribution in [1.82, 2.24) is 15.1 Å². The number of urea groups is 1. The number of aryl methyl sites for hydroxylation is 2. The van der Waals surface area contributed by atoms with Crippen molar-refractivity contribution < 1.29 is 22.7 Å². The molecule has 0 bridgehead atoms. The van der Waals surface area contributed by atoms with Gasteiger partial charge in [-0.05, 0) is 43.5 Å². The summed E-state index contributed by atoms with van der Waals surface area (Å²) in [6.45, 7) is 3.81. The molecule has 7 nitrogen and oxygen atoms in total. The second-order valence-corrected chi connectivity index (χ2v) is 6.78. The van der Waals surface area contributed by atoms with Crippen molar-refractivity contribution in [2.75, 3.05) is 29.9 Å². The van der Waals surface area contributed by atoms with E-state index in [1.807, 2.05) is 6.92 Å². The molecule has 10 heteroatoms. The number of nitrogens with one attached hydrogen (secondary N) is 2. The Bertz CT molecular complexity index is 820. The molecule has 2 amide bonds. The number of ether oxygens (including phenoxy) is 1. The molecule has 0 spiro atoms. The summed E-state index contributed by atoms with van der Waals surface area (Å²) in [7, 11) is 1.78. The third-order valence-corrected chi connectivity index (χ3v) is 4.53. The maximum absolute atomic E-state index is 12.2. The van der Waals surface area contributed by atoms with Gasteiger partial charge in [0.2, 0.25) is 0 Å². The summed E-state index contributed by atoms with van der Waals surface area (Å²) < 4.78 is 42.2. The number of aromatic nitrogens is 2. The van der Waals surface area contributed by atoms with E-state index in [0.717, 1.165) is 24.3 Å². The summed E-state index contributed by atoms with van der Waals surface area (Å²) in [5.41, 5.74) is 2.23. The molecular formula is C18H22F3N5O2. The lowest BCUT2D eigenvalue weighted by molar-refractivity contribution is -0.274. The van der Waals surface area contributed by atoms with Crippen LogP contribution in [-0.2, 0) is 7.05 Å². The molecule has 2 N–H and O–H groups in total. The van der Waals surface area contributed by atoms with E-state index in [1.54, 1.807) is 30.1 Å². The summed E-state index contributed by atoms with van der Waals surface area (Å²) in [6.07, 6.45) is -2.08. The number of carbonyl (C=O) groups excluding carboxylic acids is 1. The van der Waals surface area contributed by atoms with Gasteiger partial charge in [0.15, 0.2) is 0 Å². The lowest BCUT2D eigenvalue weighted by atomic mass is 10.1. The van der Waals surface area contributed by atoms with Gasteiger partial charge in [-0.25, -0.2) is 4.79 Å². The second kappa shape index (κ2) is 7.99. The number of alkyl halides is 3. The number of rotatable bonds is 5. The minimum absolute atomic E-state index is 0.240. The van der Waals surface area contributed by atoms with Crippen molar-refractivity contribution in [3.63, 3.8) is 0 Å². The number of hydrogen-bond acceptors (Lipinski definition) is 4. The predicted octanol–water partition coefficient (Wildman–Crippen LogP) is 3.28. The highest BCUT2D eigenvalue weighted by atomic mass is 19.4. The Labute approximate surface area is 160 Å². The van der Waals surface area contributed by atoms with Crippen LogP contribution in [0, 0.1) is 12.8 Å². The van der Waals surface area contributed by atoms with Crippen LogP contribution in [0.2, 0.25) is 0 Å². The fourth-order valence-electron chi connectivity index (χ4n) is 3.22. The molecule has 3 rings (SSSR count). The normalized spacial score (nSPS) is 16.9. The minimum Gasteiger partial charge on any atom is -0.406 e. The van der Waals surface area contributed by atoms with Crippen LogP contribution in [0.25, 0.3) is 0 Å². The van der Waals surface area contributed by atoms with E-state index in [1.165, 1.54) is 12.1 Å². The summed E-state index contributed by atoms with van der Waals surface area (Å²) in [6, 6.07) is 5.53. The minimum atomic E-state index is -4.69. The van der Waals surface area contributed by atoms with Crippen LogP contribution >= 0.6 is 0 Å². The molecule has 1 aliphatic rings. The van der Waals surface area contributed by atoms with Gasteiger partial charge in [-0.3, -0.25) is 4.68 Å². The van der Waals surface area contributed by atoms with Gasteiger partial charge in [0.25, 0.3) is 0 Å². The molecule has 1 aromatic heterocycles. The van der Waals surface area contributed by atoms with Gasteiger partial charge in [0.1, 0.15) is 5.75 Å². The maximum atomic E-state index is 12.2. The maximum Gasteiger partial charge on any atom is 0.573 e. The molecule has 0 radical (unpaired) electrons. The first-order chi connectivity index (χ1) is 13.2. The average molecular weight is 397 g/mol. The van der Waals surface area contributed by atoms with E-state index >= 15 is 0 Å². The molecule has 152 valence electrons. The molecular weight excluding hydrogens is 375 g/mol. The third kappa shape index (κ3) is 5.30. The van der Waals surface area contributed by atoms with Crippen molar-refractivity contribution in [2.45, 2.75) is 19.7 Å². The topological polar surface area (TPSA) is 71.4 Å². The number of benzene rings is 1. The summed E-state index contributed by atoms with van der Waals surface area (Å²) in [5.74, 6) is 0.0166. The van der Waals surface area contributed by atoms with Crippen LogP contribution in [0.15, 0.2) is 30.5 Å². The highest BCUT2D eigenvalue weighted by Crippen LogP contribution is 2.28. The molecule has 1 saturated heterocycles. The summed E-state index contributed by atoms with van der Waals surface area (Å²) in [4.78, 5) is 14.1. The predicted molar refractivity (Wildman–Crippen MR) is 98.4 cm³/mol. The van der Waals surface area contributed by atoms with Gasteiger partial charge in [-0.15, -0.1) is 13.2 Å². The van der Waals surface area contributed by atoms with Crippen molar-refractivity contribution in [1.29, 1.82) is 0 Å². The van der Waals surface area contributed by atoms with Crippen LogP contribution < -0.4 is 20.3 Å². The van der Waals surface area contributed by atoms with Gasteiger partial charge in [0, 0.05) is 38.6 Å². The van der Waals surface area contributed by atoms with Crippen LogP contribution in [0.1, 0.15) is 12.1 Å². The number of halogens is 3. The van der Waals surface area contributed by atoms with Gasteiger partial charge in [-0.1, -0.05) is 0 Å². The van der Waals surface area contributed by atoms with E-state index in [2.05, 4.69) is 25.4 Å². The number of amides is 2. The Hall–Kier alpha value is -2.91. The fraction of sp³-hybridized carbons (Fsp3) is 0.444. The third-order valence-electron chi connectivity index (χ3n) is 4.53. The van der Waals surface area contributed by atoms with Crippen molar-refractivity contribution >= 4 is 17.4 Å². The van der Waals surface area contributed by atoms with E-state index in [4.69, 9.17) is 0 Å². The Kier molecular flexibility index (Phi) is 5.66. The first-order valence-corrected chi connectivity index (χ1v) is 8.85. The fourth-order valence-corrected chi connectivity index (χ4v) is 3.22. The van der Waals surface area contributed by atoms with Gasteiger partial charge in [-0.2, -0.15) is 5.10 Å². The average Bonchev–Trinajstić information content (AvgIpc) is 3.19. The smallest absolute Gasteiger partial charge is 0.406 e. The van der Waals surface area contributed by atoms with Crippen LogP contribution in [0.4, 0.5) is 29.3 Å². The lowest BCUT2D eigenvalue weighted by Crippen LogP contribution is -2.34. The van der Waals surface area contributed by atoms with Gasteiger partial charge >= 0.3 is 12.4 Å². The van der Waals surface area contributed by atoms with E-state index < -0.39 is 6.36 Å². The Balaban J connectivity index is 1.46. The first-order valence-electron chi connectivity index (χ1n) is 8.85.